The molecule has 8 nitrogen and oxygen atoms in total. The normalized spacial score (nSPS) is 21.6. The number of nitrogens with zero attached hydrogens (tertiary/aromatic N) is 4. The Morgan fingerprint density at radius 2 is 1.94 bits per heavy atom. The number of hydrogen-bond donors (Lipinski definition) is 0. The summed E-state index contributed by atoms with van der Waals surface area (Å²) >= 11 is 1.64. The van der Waals surface area contributed by atoms with Gasteiger partial charge < -0.3 is 23.8 Å². The maximum Gasteiger partial charge on any atom is 0.158 e. The Hall–Kier alpha value is -1.41. The van der Waals surface area contributed by atoms with Gasteiger partial charge in [-0.2, -0.15) is 5.26 Å². The highest BCUT2D eigenvalue weighted by molar-refractivity contribution is 7.99. The topological polar surface area (TPSA) is 80.1 Å². The average molecular weight is 477 g/mol. The van der Waals surface area contributed by atoms with Crippen molar-refractivity contribution in [3.8, 4) is 6.07 Å². The third kappa shape index (κ3) is 6.18. The first-order valence-electron chi connectivity index (χ1n) is 11.9. The molecule has 1 aromatic rings. The number of aromatic nitrogens is 1. The lowest BCUT2D eigenvalue weighted by atomic mass is 9.89. The summed E-state index contributed by atoms with van der Waals surface area (Å²) in [6, 6.07) is 2.47. The monoisotopic (exact) mass is 476 g/mol. The van der Waals surface area contributed by atoms with Crippen LogP contribution < -0.4 is 4.90 Å². The maximum atomic E-state index is 10.1. The van der Waals surface area contributed by atoms with Gasteiger partial charge in [0.05, 0.1) is 37.6 Å². The summed E-state index contributed by atoms with van der Waals surface area (Å²) in [5.41, 5.74) is 2.61. The zero-order valence-corrected chi connectivity index (χ0v) is 20.9. The molecule has 0 aliphatic carbocycles. The number of anilines is 1. The number of fused-ring (bicyclic) bond motifs is 1. The summed E-state index contributed by atoms with van der Waals surface area (Å²) in [7, 11) is 1.75. The molecule has 0 radical (unpaired) electrons. The van der Waals surface area contributed by atoms with Gasteiger partial charge in [-0.1, -0.05) is 0 Å². The number of thioether (sulfide) groups is 1. The highest BCUT2D eigenvalue weighted by Gasteiger charge is 2.34. The van der Waals surface area contributed by atoms with E-state index in [4.69, 9.17) is 23.9 Å². The first-order chi connectivity index (χ1) is 16.0. The number of hydrogen-bond acceptors (Lipinski definition) is 9. The molecule has 3 aliphatic heterocycles. The first kappa shape index (κ1) is 24.7. The van der Waals surface area contributed by atoms with Gasteiger partial charge in [-0.25, -0.2) is 4.98 Å². The van der Waals surface area contributed by atoms with E-state index in [1.807, 2.05) is 0 Å². The molecule has 0 bridgehead atoms. The van der Waals surface area contributed by atoms with Crippen molar-refractivity contribution in [2.45, 2.75) is 56.6 Å². The quantitative estimate of drug-likeness (QED) is 0.526. The van der Waals surface area contributed by atoms with Crippen molar-refractivity contribution in [1.29, 1.82) is 5.26 Å². The van der Waals surface area contributed by atoms with E-state index >= 15 is 0 Å². The third-order valence-corrected chi connectivity index (χ3v) is 7.46. The van der Waals surface area contributed by atoms with Crippen molar-refractivity contribution < 1.29 is 18.9 Å². The highest BCUT2D eigenvalue weighted by Crippen LogP contribution is 2.39. The molecule has 0 N–H and O–H groups in total. The van der Waals surface area contributed by atoms with Crippen LogP contribution in [-0.2, 0) is 32.0 Å². The summed E-state index contributed by atoms with van der Waals surface area (Å²) in [5.74, 6) is 1.79. The Labute approximate surface area is 201 Å². The molecule has 182 valence electrons. The smallest absolute Gasteiger partial charge is 0.158 e. The molecule has 4 rings (SSSR count). The second kappa shape index (κ2) is 11.3. The molecule has 0 spiro atoms. The number of methoxy groups -OCH3 is 1. The Bertz CT molecular complexity index is 846. The van der Waals surface area contributed by atoms with E-state index in [2.05, 4.69) is 29.7 Å². The molecule has 0 amide bonds. The van der Waals surface area contributed by atoms with Crippen LogP contribution in [0.1, 0.15) is 43.4 Å². The number of ether oxygens (including phenoxy) is 4. The van der Waals surface area contributed by atoms with Crippen LogP contribution in [0.15, 0.2) is 5.03 Å². The van der Waals surface area contributed by atoms with Crippen molar-refractivity contribution >= 4 is 17.6 Å². The summed E-state index contributed by atoms with van der Waals surface area (Å²) in [4.78, 5) is 9.85. The maximum absolute atomic E-state index is 10.1. The number of nitriles is 1. The van der Waals surface area contributed by atoms with Crippen LogP contribution in [0, 0.1) is 11.3 Å². The van der Waals surface area contributed by atoms with Crippen LogP contribution in [0.3, 0.4) is 0 Å². The molecule has 0 atom stereocenters. The number of piperazine rings is 1. The molecule has 33 heavy (non-hydrogen) atoms. The first-order valence-corrected chi connectivity index (χ1v) is 12.9. The van der Waals surface area contributed by atoms with Crippen LogP contribution >= 0.6 is 11.8 Å². The minimum Gasteiger partial charge on any atom is -0.383 e. The Morgan fingerprint density at radius 1 is 1.18 bits per heavy atom. The number of rotatable bonds is 8. The fourth-order valence-corrected chi connectivity index (χ4v) is 5.53. The molecular weight excluding hydrogens is 440 g/mol. The Morgan fingerprint density at radius 3 is 2.64 bits per heavy atom. The molecule has 0 saturated carbocycles. The van der Waals surface area contributed by atoms with E-state index in [-0.39, 0.29) is 11.9 Å². The largest absolute Gasteiger partial charge is 0.383 e. The number of pyridine rings is 1. The highest BCUT2D eigenvalue weighted by atomic mass is 32.2. The van der Waals surface area contributed by atoms with Crippen molar-refractivity contribution in [3.63, 3.8) is 0 Å². The molecule has 9 heteroatoms. The van der Waals surface area contributed by atoms with E-state index in [1.165, 1.54) is 0 Å². The van der Waals surface area contributed by atoms with Gasteiger partial charge in [-0.15, -0.1) is 11.8 Å². The zero-order chi connectivity index (χ0) is 23.3. The lowest BCUT2D eigenvalue weighted by molar-refractivity contribution is -0.178. The van der Waals surface area contributed by atoms with E-state index in [0.29, 0.717) is 12.2 Å². The Kier molecular flexibility index (Phi) is 8.49. The van der Waals surface area contributed by atoms with E-state index in [0.717, 1.165) is 99.5 Å². The van der Waals surface area contributed by atoms with E-state index in [9.17, 15) is 5.26 Å². The van der Waals surface area contributed by atoms with Crippen LogP contribution in [0.5, 0.6) is 0 Å². The summed E-state index contributed by atoms with van der Waals surface area (Å²) in [6.45, 7) is 11.7. The van der Waals surface area contributed by atoms with Gasteiger partial charge >= 0.3 is 0 Å². The average Bonchev–Trinajstić information content (AvgIpc) is 2.82. The lowest BCUT2D eigenvalue weighted by Gasteiger charge is -2.39. The molecule has 1 aromatic heterocycles. The molecule has 0 aromatic carbocycles. The molecule has 4 heterocycles. The molecule has 2 fully saturated rings. The van der Waals surface area contributed by atoms with Gasteiger partial charge in [0.1, 0.15) is 16.9 Å². The Balaban J connectivity index is 1.55. The molecule has 3 aliphatic rings. The van der Waals surface area contributed by atoms with Crippen LogP contribution in [0.2, 0.25) is 0 Å². The predicted molar refractivity (Wildman–Crippen MR) is 128 cm³/mol. The zero-order valence-electron chi connectivity index (χ0n) is 20.1. The van der Waals surface area contributed by atoms with Gasteiger partial charge in [0.2, 0.25) is 0 Å². The van der Waals surface area contributed by atoms with E-state index < -0.39 is 0 Å². The van der Waals surface area contributed by atoms with Gasteiger partial charge in [0.15, 0.2) is 6.29 Å². The molecule has 2 saturated heterocycles. The standard InChI is InChI=1S/C24H36N4O4S/c1-24(2)15-18-19(16-25)23(33-14-5-21-30-11-4-12-31-21)26-22(20(18)17-32-24)28-8-6-27(7-9-28)10-13-29-3/h21H,4-15,17H2,1-3H3. The fourth-order valence-electron chi connectivity index (χ4n) is 4.57. The van der Waals surface area contributed by atoms with Crippen molar-refractivity contribution in [2.75, 3.05) is 70.3 Å². The summed E-state index contributed by atoms with van der Waals surface area (Å²) < 4.78 is 22.8. The van der Waals surface area contributed by atoms with Gasteiger partial charge in [0, 0.05) is 64.0 Å². The van der Waals surface area contributed by atoms with Crippen molar-refractivity contribution in [2.24, 2.45) is 0 Å². The molecular formula is C24H36N4O4S. The van der Waals surface area contributed by atoms with Crippen LogP contribution in [0.4, 0.5) is 5.82 Å². The fraction of sp³-hybridized carbons (Fsp3) is 0.750. The van der Waals surface area contributed by atoms with Gasteiger partial charge in [-0.3, -0.25) is 4.90 Å². The summed E-state index contributed by atoms with van der Waals surface area (Å²) in [5, 5.41) is 10.9. The second-order valence-corrected chi connectivity index (χ2v) is 10.5. The van der Waals surface area contributed by atoms with E-state index in [1.54, 1.807) is 18.9 Å². The third-order valence-electron chi connectivity index (χ3n) is 6.45. The molecule has 0 unspecified atom stereocenters. The minimum atomic E-state index is -0.290. The van der Waals surface area contributed by atoms with Crippen molar-refractivity contribution in [1.82, 2.24) is 9.88 Å². The van der Waals surface area contributed by atoms with Gasteiger partial charge in [0.25, 0.3) is 0 Å². The summed E-state index contributed by atoms with van der Waals surface area (Å²) in [6.07, 6.45) is 2.31. The van der Waals surface area contributed by atoms with Gasteiger partial charge in [-0.05, 0) is 25.8 Å². The minimum absolute atomic E-state index is 0.151. The second-order valence-electron chi connectivity index (χ2n) is 9.39. The van der Waals surface area contributed by atoms with Crippen LogP contribution in [-0.4, -0.2) is 87.2 Å². The van der Waals surface area contributed by atoms with Crippen molar-refractivity contribution in [3.05, 3.63) is 16.7 Å². The lowest BCUT2D eigenvalue weighted by Crippen LogP contribution is -2.48. The SMILES string of the molecule is COCCN1CCN(c2nc(SCCC3OCCCO3)c(C#N)c3c2COC(C)(C)C3)CC1. The van der Waals surface area contributed by atoms with Crippen LogP contribution in [0.25, 0.3) is 0 Å². The predicted octanol–water partition coefficient (Wildman–Crippen LogP) is 2.82.